The van der Waals surface area contributed by atoms with Gasteiger partial charge in [-0.1, -0.05) is 24.3 Å². The lowest BCUT2D eigenvalue weighted by atomic mass is 9.87. The van der Waals surface area contributed by atoms with Crippen molar-refractivity contribution < 1.29 is 53.0 Å². The van der Waals surface area contributed by atoms with E-state index in [-0.39, 0.29) is 16.5 Å². The molecule has 0 radical (unpaired) electrons. The molecular formula is C15H12F9NO3S2. The van der Waals surface area contributed by atoms with Crippen molar-refractivity contribution in [3.05, 3.63) is 41.3 Å². The second-order valence-electron chi connectivity index (χ2n) is 6.13. The maximum Gasteiger partial charge on any atom is 0.430 e. The van der Waals surface area contributed by atoms with Crippen molar-refractivity contribution in [2.75, 3.05) is 6.54 Å². The van der Waals surface area contributed by atoms with Gasteiger partial charge in [-0.2, -0.15) is 43.8 Å². The maximum atomic E-state index is 12.9. The third-order valence-electron chi connectivity index (χ3n) is 4.08. The highest BCUT2D eigenvalue weighted by atomic mass is 32.2. The molecule has 0 aromatic carbocycles. The van der Waals surface area contributed by atoms with Crippen molar-refractivity contribution in [2.24, 2.45) is 0 Å². The third kappa shape index (κ3) is 4.68. The standard InChI is InChI=1S/C15H12F9NO3S2/c16-12(17,18)8-25(30(27,28)11-2-1-7-29-11)10-5-3-9(4-6-10)13(26,14(19,20)21)15(22,23)24/h1-5,7,10,26H,6,8H2. The Bertz CT molecular complexity index is 899. The van der Waals surface area contributed by atoms with E-state index in [4.69, 9.17) is 0 Å². The lowest BCUT2D eigenvalue weighted by molar-refractivity contribution is -0.351. The van der Waals surface area contributed by atoms with Gasteiger partial charge in [0.25, 0.3) is 15.6 Å². The fourth-order valence-electron chi connectivity index (χ4n) is 2.66. The third-order valence-corrected chi connectivity index (χ3v) is 7.32. The number of hydrogen-bond acceptors (Lipinski definition) is 4. The lowest BCUT2D eigenvalue weighted by Gasteiger charge is -2.36. The average Bonchev–Trinajstić information content (AvgIpc) is 3.12. The number of aliphatic hydroxyl groups is 1. The van der Waals surface area contributed by atoms with Crippen LogP contribution in [0.1, 0.15) is 6.42 Å². The number of alkyl halides is 9. The normalized spacial score (nSPS) is 19.3. The molecule has 1 unspecified atom stereocenters. The molecule has 1 N–H and O–H groups in total. The summed E-state index contributed by atoms with van der Waals surface area (Å²) in [7, 11) is -4.76. The first-order valence-electron chi connectivity index (χ1n) is 7.78. The summed E-state index contributed by atoms with van der Waals surface area (Å²) in [5, 5.41) is 10.6. The Morgan fingerprint density at radius 1 is 1.07 bits per heavy atom. The quantitative estimate of drug-likeness (QED) is 0.624. The van der Waals surface area contributed by atoms with Gasteiger partial charge in [0, 0.05) is 6.04 Å². The molecule has 1 atom stereocenters. The largest absolute Gasteiger partial charge is 0.430 e. The smallest absolute Gasteiger partial charge is 0.370 e. The molecule has 1 aromatic rings. The molecule has 30 heavy (non-hydrogen) atoms. The van der Waals surface area contributed by atoms with Gasteiger partial charge in [-0.05, 0) is 23.4 Å². The summed E-state index contributed by atoms with van der Waals surface area (Å²) in [4.78, 5) is 0. The van der Waals surface area contributed by atoms with E-state index in [9.17, 15) is 53.0 Å². The van der Waals surface area contributed by atoms with E-state index in [0.717, 1.165) is 6.07 Å². The zero-order chi connectivity index (χ0) is 23.2. The van der Waals surface area contributed by atoms with Crippen LogP contribution in [0.25, 0.3) is 0 Å². The Labute approximate surface area is 168 Å². The molecule has 0 bridgehead atoms. The first kappa shape index (κ1) is 24.7. The fourth-order valence-corrected chi connectivity index (χ4v) is 5.36. The number of hydrogen-bond donors (Lipinski definition) is 1. The molecule has 1 aliphatic carbocycles. The predicted octanol–water partition coefficient (Wildman–Crippen LogP) is 4.41. The van der Waals surface area contributed by atoms with Crippen LogP contribution in [0.4, 0.5) is 39.5 Å². The zero-order valence-electron chi connectivity index (χ0n) is 14.4. The van der Waals surface area contributed by atoms with Crippen LogP contribution in [0.2, 0.25) is 0 Å². The molecule has 1 aromatic heterocycles. The number of thiophene rings is 1. The first-order chi connectivity index (χ1) is 13.4. The molecule has 0 spiro atoms. The lowest BCUT2D eigenvalue weighted by Crippen LogP contribution is -2.58. The van der Waals surface area contributed by atoms with Crippen LogP contribution in [0.5, 0.6) is 0 Å². The first-order valence-corrected chi connectivity index (χ1v) is 10.1. The monoisotopic (exact) mass is 489 g/mol. The number of halogens is 9. The highest BCUT2D eigenvalue weighted by Gasteiger charge is 2.72. The van der Waals surface area contributed by atoms with E-state index < -0.39 is 62.9 Å². The van der Waals surface area contributed by atoms with Gasteiger partial charge in [0.2, 0.25) is 0 Å². The molecule has 15 heteroatoms. The van der Waals surface area contributed by atoms with E-state index in [0.29, 0.717) is 17.4 Å². The topological polar surface area (TPSA) is 57.6 Å². The minimum atomic E-state index is -6.18. The SMILES string of the molecule is O=S(=O)(c1cccs1)N(CC(F)(F)F)C1C=CC(C(O)(C(F)(F)F)C(F)(F)F)=CC1. The van der Waals surface area contributed by atoms with Crippen LogP contribution in [0.15, 0.2) is 45.5 Å². The molecule has 1 heterocycles. The Hall–Kier alpha value is -1.58. The van der Waals surface area contributed by atoms with Gasteiger partial charge < -0.3 is 5.11 Å². The predicted molar refractivity (Wildman–Crippen MR) is 87.0 cm³/mol. The van der Waals surface area contributed by atoms with Gasteiger partial charge in [-0.3, -0.25) is 0 Å². The molecule has 0 aliphatic heterocycles. The van der Waals surface area contributed by atoms with Crippen molar-refractivity contribution in [1.29, 1.82) is 0 Å². The van der Waals surface area contributed by atoms with Gasteiger partial charge in [-0.15, -0.1) is 11.3 Å². The minimum Gasteiger partial charge on any atom is -0.370 e. The summed E-state index contributed by atoms with van der Waals surface area (Å²) < 4.78 is 141. The Morgan fingerprint density at radius 3 is 2.00 bits per heavy atom. The van der Waals surface area contributed by atoms with Crippen LogP contribution in [0, 0.1) is 0 Å². The summed E-state index contributed by atoms with van der Waals surface area (Å²) in [5.74, 6) is 0. The van der Waals surface area contributed by atoms with E-state index in [1.165, 1.54) is 11.4 Å². The van der Waals surface area contributed by atoms with E-state index in [1.54, 1.807) is 0 Å². The van der Waals surface area contributed by atoms with Gasteiger partial charge in [-0.25, -0.2) is 8.42 Å². The van der Waals surface area contributed by atoms with E-state index in [2.05, 4.69) is 0 Å². The van der Waals surface area contributed by atoms with Crippen molar-refractivity contribution in [3.63, 3.8) is 0 Å². The van der Waals surface area contributed by atoms with Crippen LogP contribution < -0.4 is 0 Å². The van der Waals surface area contributed by atoms with E-state index >= 15 is 0 Å². The highest BCUT2D eigenvalue weighted by Crippen LogP contribution is 2.49. The van der Waals surface area contributed by atoms with Gasteiger partial charge in [0.1, 0.15) is 10.8 Å². The maximum absolute atomic E-state index is 12.9. The van der Waals surface area contributed by atoms with Crippen molar-refractivity contribution in [1.82, 2.24) is 4.31 Å². The van der Waals surface area contributed by atoms with Crippen LogP contribution in [-0.4, -0.2) is 54.5 Å². The summed E-state index contributed by atoms with van der Waals surface area (Å²) in [6.07, 6.45) is -17.6. The molecule has 4 nitrogen and oxygen atoms in total. The Morgan fingerprint density at radius 2 is 1.63 bits per heavy atom. The summed E-state index contributed by atoms with van der Waals surface area (Å²) in [6, 6.07) is 0.516. The summed E-state index contributed by atoms with van der Waals surface area (Å²) in [6.45, 7) is -2.02. The van der Waals surface area contributed by atoms with Crippen molar-refractivity contribution in [3.8, 4) is 0 Å². The Kier molecular flexibility index (Phi) is 6.45. The molecule has 0 fully saturated rings. The Balaban J connectivity index is 2.43. The average molecular weight is 489 g/mol. The van der Waals surface area contributed by atoms with Crippen LogP contribution in [0.3, 0.4) is 0 Å². The number of rotatable bonds is 5. The van der Waals surface area contributed by atoms with Crippen molar-refractivity contribution in [2.45, 2.75) is 40.8 Å². The summed E-state index contributed by atoms with van der Waals surface area (Å²) >= 11 is 0.586. The summed E-state index contributed by atoms with van der Waals surface area (Å²) in [5.41, 5.74) is -6.93. The van der Waals surface area contributed by atoms with E-state index in [1.807, 2.05) is 0 Å². The fraction of sp³-hybridized carbons (Fsp3) is 0.467. The number of sulfonamides is 1. The van der Waals surface area contributed by atoms with Gasteiger partial charge in [0.15, 0.2) is 0 Å². The molecule has 2 rings (SSSR count). The zero-order valence-corrected chi connectivity index (χ0v) is 16.0. The van der Waals surface area contributed by atoms with Gasteiger partial charge in [0.05, 0.1) is 0 Å². The van der Waals surface area contributed by atoms with Crippen molar-refractivity contribution >= 4 is 21.4 Å². The molecule has 0 saturated heterocycles. The molecular weight excluding hydrogens is 477 g/mol. The highest BCUT2D eigenvalue weighted by molar-refractivity contribution is 7.91. The second kappa shape index (κ2) is 7.84. The number of nitrogens with zero attached hydrogens (tertiary/aromatic N) is 1. The minimum absolute atomic E-state index is 0.0666. The second-order valence-corrected chi connectivity index (χ2v) is 9.19. The van der Waals surface area contributed by atoms with Crippen LogP contribution >= 0.6 is 11.3 Å². The van der Waals surface area contributed by atoms with Gasteiger partial charge >= 0.3 is 18.5 Å². The molecule has 0 amide bonds. The molecule has 0 saturated carbocycles. The molecule has 170 valence electrons. The molecule has 1 aliphatic rings. The van der Waals surface area contributed by atoms with Crippen LogP contribution in [-0.2, 0) is 10.0 Å².